The van der Waals surface area contributed by atoms with Crippen molar-refractivity contribution in [2.75, 3.05) is 24.3 Å². The van der Waals surface area contributed by atoms with Crippen molar-refractivity contribution in [2.24, 2.45) is 0 Å². The fourth-order valence-corrected chi connectivity index (χ4v) is 2.74. The molecule has 6 nitrogen and oxygen atoms in total. The third kappa shape index (κ3) is 2.84. The molecule has 3 aromatic heterocycles. The van der Waals surface area contributed by atoms with Crippen LogP contribution >= 0.6 is 11.3 Å². The molecule has 112 valence electrons. The molecule has 0 aromatic carbocycles. The average Bonchev–Trinajstić information content (AvgIpc) is 3.18. The van der Waals surface area contributed by atoms with Crippen molar-refractivity contribution >= 4 is 28.6 Å². The van der Waals surface area contributed by atoms with E-state index in [1.165, 1.54) is 11.3 Å². The van der Waals surface area contributed by atoms with Gasteiger partial charge in [0.05, 0.1) is 23.8 Å². The molecule has 3 aromatic rings. The fourth-order valence-electron chi connectivity index (χ4n) is 1.96. The first-order chi connectivity index (χ1) is 10.6. The van der Waals surface area contributed by atoms with Gasteiger partial charge in [0, 0.05) is 31.2 Å². The van der Waals surface area contributed by atoms with Gasteiger partial charge in [0.1, 0.15) is 17.0 Å². The number of furan rings is 1. The summed E-state index contributed by atoms with van der Waals surface area (Å²) in [7, 11) is 3.82. The number of carbonyl (C=O) groups excluding carboxylic acids is 1. The van der Waals surface area contributed by atoms with E-state index in [0.717, 1.165) is 16.3 Å². The van der Waals surface area contributed by atoms with Crippen LogP contribution in [-0.4, -0.2) is 30.0 Å². The second kappa shape index (κ2) is 5.98. The largest absolute Gasteiger partial charge is 0.472 e. The van der Waals surface area contributed by atoms with Gasteiger partial charge in [0.15, 0.2) is 0 Å². The van der Waals surface area contributed by atoms with Gasteiger partial charge in [-0.25, -0.2) is 4.98 Å². The SMILES string of the molecule is CN(C)c1ccncc1NC(=O)c1csc(-c2ccoc2)n1. The molecule has 0 saturated carbocycles. The second-order valence-corrected chi connectivity index (χ2v) is 5.65. The number of pyridine rings is 1. The summed E-state index contributed by atoms with van der Waals surface area (Å²) in [5.41, 5.74) is 2.76. The van der Waals surface area contributed by atoms with Crippen molar-refractivity contribution in [2.45, 2.75) is 0 Å². The standard InChI is InChI=1S/C15H14N4O2S/c1-19(2)13-3-5-16-7-11(13)17-14(20)12-9-22-15(18-12)10-4-6-21-8-10/h3-9H,1-2H3,(H,17,20). The molecule has 0 aliphatic carbocycles. The number of hydrogen-bond donors (Lipinski definition) is 1. The summed E-state index contributed by atoms with van der Waals surface area (Å²) in [5, 5.41) is 5.32. The molecule has 7 heteroatoms. The van der Waals surface area contributed by atoms with E-state index in [1.54, 1.807) is 30.3 Å². The Bertz CT molecular complexity index is 780. The van der Waals surface area contributed by atoms with Gasteiger partial charge in [-0.15, -0.1) is 11.3 Å². The van der Waals surface area contributed by atoms with Gasteiger partial charge in [-0.3, -0.25) is 9.78 Å². The highest BCUT2D eigenvalue weighted by Crippen LogP contribution is 2.26. The maximum absolute atomic E-state index is 12.3. The molecular formula is C15H14N4O2S. The molecule has 0 aliphatic heterocycles. The third-order valence-electron chi connectivity index (χ3n) is 3.03. The second-order valence-electron chi connectivity index (χ2n) is 4.79. The molecule has 0 spiro atoms. The monoisotopic (exact) mass is 314 g/mol. The highest BCUT2D eigenvalue weighted by atomic mass is 32.1. The topological polar surface area (TPSA) is 71.3 Å². The lowest BCUT2D eigenvalue weighted by molar-refractivity contribution is 0.102. The molecule has 0 saturated heterocycles. The number of thiazole rings is 1. The third-order valence-corrected chi connectivity index (χ3v) is 3.92. The predicted molar refractivity (Wildman–Crippen MR) is 86.3 cm³/mol. The molecule has 3 heterocycles. The van der Waals surface area contributed by atoms with Gasteiger partial charge >= 0.3 is 0 Å². The number of aromatic nitrogens is 2. The summed E-state index contributed by atoms with van der Waals surface area (Å²) in [5.74, 6) is -0.262. The van der Waals surface area contributed by atoms with Crippen LogP contribution < -0.4 is 10.2 Å². The van der Waals surface area contributed by atoms with E-state index >= 15 is 0 Å². The van der Waals surface area contributed by atoms with Crippen LogP contribution in [0.1, 0.15) is 10.5 Å². The van der Waals surface area contributed by atoms with E-state index in [9.17, 15) is 4.79 Å². The van der Waals surface area contributed by atoms with Crippen molar-refractivity contribution in [3.8, 4) is 10.6 Å². The van der Waals surface area contributed by atoms with Crippen LogP contribution in [0.4, 0.5) is 11.4 Å². The van der Waals surface area contributed by atoms with Gasteiger partial charge in [0.25, 0.3) is 5.91 Å². The van der Waals surface area contributed by atoms with Crippen molar-refractivity contribution in [1.82, 2.24) is 9.97 Å². The molecule has 0 aliphatic rings. The molecule has 1 N–H and O–H groups in total. The molecule has 3 rings (SSSR count). The number of nitrogens with zero attached hydrogens (tertiary/aromatic N) is 3. The van der Waals surface area contributed by atoms with Crippen LogP contribution in [0.15, 0.2) is 46.8 Å². The van der Waals surface area contributed by atoms with Crippen LogP contribution in [0.3, 0.4) is 0 Å². The van der Waals surface area contributed by atoms with E-state index in [1.807, 2.05) is 31.1 Å². The minimum absolute atomic E-state index is 0.262. The first-order valence-electron chi connectivity index (χ1n) is 6.56. The van der Waals surface area contributed by atoms with Crippen LogP contribution in [0.25, 0.3) is 10.6 Å². The van der Waals surface area contributed by atoms with E-state index in [2.05, 4.69) is 15.3 Å². The van der Waals surface area contributed by atoms with Crippen molar-refractivity contribution < 1.29 is 9.21 Å². The van der Waals surface area contributed by atoms with Gasteiger partial charge in [-0.05, 0) is 12.1 Å². The van der Waals surface area contributed by atoms with Gasteiger partial charge in [-0.2, -0.15) is 0 Å². The molecule has 0 unspecified atom stereocenters. The van der Waals surface area contributed by atoms with E-state index in [-0.39, 0.29) is 5.91 Å². The average molecular weight is 314 g/mol. The van der Waals surface area contributed by atoms with E-state index in [4.69, 9.17) is 4.42 Å². The van der Waals surface area contributed by atoms with E-state index < -0.39 is 0 Å². The lowest BCUT2D eigenvalue weighted by Gasteiger charge is -2.16. The first-order valence-corrected chi connectivity index (χ1v) is 7.44. The Hall–Kier alpha value is -2.67. The quantitative estimate of drug-likeness (QED) is 0.801. The normalized spacial score (nSPS) is 10.5. The summed E-state index contributed by atoms with van der Waals surface area (Å²) in [6.45, 7) is 0. The number of carbonyl (C=O) groups is 1. The van der Waals surface area contributed by atoms with Crippen molar-refractivity contribution in [1.29, 1.82) is 0 Å². The van der Waals surface area contributed by atoms with Crippen molar-refractivity contribution in [3.63, 3.8) is 0 Å². The van der Waals surface area contributed by atoms with Crippen LogP contribution in [0.2, 0.25) is 0 Å². The summed E-state index contributed by atoms with van der Waals surface area (Å²) < 4.78 is 5.03. The summed E-state index contributed by atoms with van der Waals surface area (Å²) in [6.07, 6.45) is 6.49. The Morgan fingerprint density at radius 2 is 2.23 bits per heavy atom. The maximum atomic E-state index is 12.3. The van der Waals surface area contributed by atoms with E-state index in [0.29, 0.717) is 11.4 Å². The summed E-state index contributed by atoms with van der Waals surface area (Å²) in [6, 6.07) is 3.65. The zero-order valence-electron chi connectivity index (χ0n) is 12.1. The molecule has 0 bridgehead atoms. The molecular weight excluding hydrogens is 300 g/mol. The Balaban J connectivity index is 1.81. The van der Waals surface area contributed by atoms with Crippen LogP contribution in [-0.2, 0) is 0 Å². The zero-order valence-corrected chi connectivity index (χ0v) is 12.9. The highest BCUT2D eigenvalue weighted by molar-refractivity contribution is 7.13. The maximum Gasteiger partial charge on any atom is 0.275 e. The number of hydrogen-bond acceptors (Lipinski definition) is 6. The Morgan fingerprint density at radius 1 is 1.36 bits per heavy atom. The van der Waals surface area contributed by atoms with Crippen molar-refractivity contribution in [3.05, 3.63) is 48.1 Å². The molecule has 1 amide bonds. The fraction of sp³-hybridized carbons (Fsp3) is 0.133. The summed E-state index contributed by atoms with van der Waals surface area (Å²) >= 11 is 1.40. The zero-order chi connectivity index (χ0) is 15.5. The smallest absolute Gasteiger partial charge is 0.275 e. The number of rotatable bonds is 4. The molecule has 22 heavy (non-hydrogen) atoms. The molecule has 0 fully saturated rings. The molecule has 0 atom stereocenters. The number of amides is 1. The Morgan fingerprint density at radius 3 is 2.95 bits per heavy atom. The Kier molecular flexibility index (Phi) is 3.88. The van der Waals surface area contributed by atoms with Gasteiger partial charge in [-0.1, -0.05) is 0 Å². The predicted octanol–water partition coefficient (Wildman–Crippen LogP) is 3.12. The van der Waals surface area contributed by atoms with Gasteiger partial charge in [0.2, 0.25) is 0 Å². The minimum atomic E-state index is -0.262. The Labute approximate surface area is 131 Å². The first kappa shape index (κ1) is 14.3. The lowest BCUT2D eigenvalue weighted by Crippen LogP contribution is -2.17. The highest BCUT2D eigenvalue weighted by Gasteiger charge is 2.14. The number of nitrogens with one attached hydrogen (secondary N) is 1. The van der Waals surface area contributed by atoms with Gasteiger partial charge < -0.3 is 14.6 Å². The van der Waals surface area contributed by atoms with Crippen LogP contribution in [0.5, 0.6) is 0 Å². The minimum Gasteiger partial charge on any atom is -0.472 e. The molecule has 0 radical (unpaired) electrons. The number of anilines is 2. The summed E-state index contributed by atoms with van der Waals surface area (Å²) in [4.78, 5) is 22.6. The lowest BCUT2D eigenvalue weighted by atomic mass is 10.3. The van der Waals surface area contributed by atoms with Crippen LogP contribution in [0, 0.1) is 0 Å².